The maximum atomic E-state index is 12.1. The number of carbonyl (C=O) groups is 1. The minimum Gasteiger partial charge on any atom is -0.445 e. The molecule has 0 aliphatic heterocycles. The van der Waals surface area contributed by atoms with E-state index in [2.05, 4.69) is 11.0 Å². The summed E-state index contributed by atoms with van der Waals surface area (Å²) in [6.45, 7) is 3.95. The van der Waals surface area contributed by atoms with Crippen LogP contribution in [0.2, 0.25) is 0 Å². The van der Waals surface area contributed by atoms with Gasteiger partial charge in [0.1, 0.15) is 0 Å². The maximum absolute atomic E-state index is 12.1. The summed E-state index contributed by atoms with van der Waals surface area (Å²) < 4.78 is 7.23. The summed E-state index contributed by atoms with van der Waals surface area (Å²) in [5, 5.41) is 4.42. The number of hydrogen-bond donors (Lipinski definition) is 0. The van der Waals surface area contributed by atoms with Crippen molar-refractivity contribution >= 4 is 5.97 Å². The summed E-state index contributed by atoms with van der Waals surface area (Å²) in [5.74, 6) is 2.53. The Labute approximate surface area is 130 Å². The third-order valence-electron chi connectivity index (χ3n) is 3.81. The lowest BCUT2D eigenvalue weighted by Gasteiger charge is -2.11. The van der Waals surface area contributed by atoms with Gasteiger partial charge >= 0.3 is 5.97 Å². The van der Waals surface area contributed by atoms with Gasteiger partial charge in [0, 0.05) is 11.6 Å². The van der Waals surface area contributed by atoms with E-state index in [1.54, 1.807) is 12.1 Å². The van der Waals surface area contributed by atoms with Crippen LogP contribution in [0.15, 0.2) is 30.3 Å². The van der Waals surface area contributed by atoms with Crippen LogP contribution < -0.4 is 0 Å². The summed E-state index contributed by atoms with van der Waals surface area (Å²) in [5.41, 5.74) is 3.43. The highest BCUT2D eigenvalue weighted by molar-refractivity contribution is 5.89. The van der Waals surface area contributed by atoms with Gasteiger partial charge in [0.15, 0.2) is 6.10 Å². The Balaban J connectivity index is 1.75. The van der Waals surface area contributed by atoms with E-state index in [0.717, 1.165) is 29.9 Å². The van der Waals surface area contributed by atoms with E-state index in [4.69, 9.17) is 11.2 Å². The van der Waals surface area contributed by atoms with Crippen molar-refractivity contribution in [3.63, 3.8) is 0 Å². The molecule has 0 radical (unpaired) electrons. The maximum Gasteiger partial charge on any atom is 0.339 e. The quantitative estimate of drug-likeness (QED) is 0.643. The van der Waals surface area contributed by atoms with Crippen LogP contribution in [-0.4, -0.2) is 21.9 Å². The lowest BCUT2D eigenvalue weighted by atomic mass is 10.2. The number of aryl methyl sites for hydroxylation is 2. The van der Waals surface area contributed by atoms with Crippen LogP contribution in [0.1, 0.15) is 34.6 Å². The third kappa shape index (κ3) is 2.89. The molecule has 1 heterocycles. The van der Waals surface area contributed by atoms with Gasteiger partial charge in [-0.05, 0) is 57.0 Å². The monoisotopic (exact) mass is 294 g/mol. The molecule has 1 aliphatic rings. The summed E-state index contributed by atoms with van der Waals surface area (Å²) >= 11 is 0. The van der Waals surface area contributed by atoms with E-state index in [-0.39, 0.29) is 5.97 Å². The van der Waals surface area contributed by atoms with E-state index >= 15 is 0 Å². The van der Waals surface area contributed by atoms with Crippen molar-refractivity contribution in [2.24, 2.45) is 5.92 Å². The van der Waals surface area contributed by atoms with Gasteiger partial charge in [-0.2, -0.15) is 5.10 Å². The summed E-state index contributed by atoms with van der Waals surface area (Å²) in [6.07, 6.45) is 7.10. The first-order chi connectivity index (χ1) is 10.6. The first-order valence-electron chi connectivity index (χ1n) is 7.39. The molecule has 1 aliphatic carbocycles. The van der Waals surface area contributed by atoms with E-state index in [0.29, 0.717) is 11.5 Å². The van der Waals surface area contributed by atoms with Crippen molar-refractivity contribution in [2.75, 3.05) is 0 Å². The lowest BCUT2D eigenvalue weighted by molar-refractivity contribution is 0.0374. The van der Waals surface area contributed by atoms with Gasteiger partial charge in [0.25, 0.3) is 0 Å². The zero-order valence-corrected chi connectivity index (χ0v) is 12.7. The number of rotatable bonds is 4. The zero-order chi connectivity index (χ0) is 15.7. The standard InChI is InChI=1S/C18H18N2O2/c1-4-17(14-5-6-14)22-18(21)15-7-9-16(10-8-15)20-13(3)11-12(2)19-20/h1,7-11,14,17H,5-6H2,2-3H3. The van der Waals surface area contributed by atoms with Crippen molar-refractivity contribution in [3.05, 3.63) is 47.3 Å². The van der Waals surface area contributed by atoms with Gasteiger partial charge in [-0.25, -0.2) is 9.48 Å². The predicted molar refractivity (Wildman–Crippen MR) is 83.8 cm³/mol. The number of hydrogen-bond acceptors (Lipinski definition) is 3. The van der Waals surface area contributed by atoms with Gasteiger partial charge in [0.05, 0.1) is 16.9 Å². The molecule has 0 spiro atoms. The second-order valence-electron chi connectivity index (χ2n) is 5.72. The van der Waals surface area contributed by atoms with Crippen molar-refractivity contribution in [2.45, 2.75) is 32.8 Å². The summed E-state index contributed by atoms with van der Waals surface area (Å²) in [6, 6.07) is 9.22. The molecular weight excluding hydrogens is 276 g/mol. The molecule has 0 bridgehead atoms. The Hall–Kier alpha value is -2.54. The van der Waals surface area contributed by atoms with Crippen LogP contribution in [0.3, 0.4) is 0 Å². The molecule has 1 saturated carbocycles. The average Bonchev–Trinajstić information content (AvgIpc) is 3.29. The molecule has 1 aromatic carbocycles. The van der Waals surface area contributed by atoms with Crippen LogP contribution in [0.4, 0.5) is 0 Å². The van der Waals surface area contributed by atoms with Gasteiger partial charge in [-0.3, -0.25) is 0 Å². The molecule has 1 fully saturated rings. The topological polar surface area (TPSA) is 44.1 Å². The van der Waals surface area contributed by atoms with E-state index in [9.17, 15) is 4.79 Å². The first-order valence-corrected chi connectivity index (χ1v) is 7.39. The molecule has 22 heavy (non-hydrogen) atoms. The molecule has 2 aromatic rings. The molecule has 3 rings (SSSR count). The minimum atomic E-state index is -0.400. The molecule has 1 aromatic heterocycles. The number of carbonyl (C=O) groups excluding carboxylic acids is 1. The largest absolute Gasteiger partial charge is 0.445 e. The first kappa shape index (κ1) is 14.4. The van der Waals surface area contributed by atoms with Crippen molar-refractivity contribution in [1.82, 2.24) is 9.78 Å². The summed E-state index contributed by atoms with van der Waals surface area (Å²) in [4.78, 5) is 12.1. The molecule has 0 amide bonds. The highest BCUT2D eigenvalue weighted by Gasteiger charge is 2.33. The van der Waals surface area contributed by atoms with E-state index in [1.165, 1.54) is 0 Å². The molecule has 1 atom stereocenters. The molecule has 0 saturated heterocycles. The Morgan fingerprint density at radius 3 is 2.55 bits per heavy atom. The third-order valence-corrected chi connectivity index (χ3v) is 3.81. The highest BCUT2D eigenvalue weighted by Crippen LogP contribution is 2.34. The smallest absolute Gasteiger partial charge is 0.339 e. The number of benzene rings is 1. The van der Waals surface area contributed by atoms with Crippen molar-refractivity contribution in [1.29, 1.82) is 0 Å². The fraction of sp³-hybridized carbons (Fsp3) is 0.333. The van der Waals surface area contributed by atoms with Crippen LogP contribution in [0.5, 0.6) is 0 Å². The average molecular weight is 294 g/mol. The Morgan fingerprint density at radius 1 is 1.36 bits per heavy atom. The predicted octanol–water partition coefficient (Wildman–Crippen LogP) is 3.06. The second-order valence-corrected chi connectivity index (χ2v) is 5.72. The lowest BCUT2D eigenvalue weighted by Crippen LogP contribution is -2.18. The Bertz CT molecular complexity index is 733. The van der Waals surface area contributed by atoms with Gasteiger partial charge in [-0.15, -0.1) is 6.42 Å². The fourth-order valence-electron chi connectivity index (χ4n) is 2.48. The zero-order valence-electron chi connectivity index (χ0n) is 12.7. The van der Waals surface area contributed by atoms with Gasteiger partial charge in [-0.1, -0.05) is 5.92 Å². The Morgan fingerprint density at radius 2 is 2.05 bits per heavy atom. The van der Waals surface area contributed by atoms with Crippen LogP contribution in [-0.2, 0) is 4.74 Å². The van der Waals surface area contributed by atoms with Crippen LogP contribution in [0, 0.1) is 32.1 Å². The number of aromatic nitrogens is 2. The molecular formula is C18H18N2O2. The van der Waals surface area contributed by atoms with E-state index < -0.39 is 6.10 Å². The number of nitrogens with zero attached hydrogens (tertiary/aromatic N) is 2. The van der Waals surface area contributed by atoms with Crippen LogP contribution >= 0.6 is 0 Å². The normalized spacial score (nSPS) is 15.1. The number of ether oxygens (including phenoxy) is 1. The molecule has 4 nitrogen and oxygen atoms in total. The molecule has 0 N–H and O–H groups in total. The highest BCUT2D eigenvalue weighted by atomic mass is 16.5. The molecule has 1 unspecified atom stereocenters. The number of esters is 1. The second kappa shape index (κ2) is 5.69. The summed E-state index contributed by atoms with van der Waals surface area (Å²) in [7, 11) is 0. The molecule has 112 valence electrons. The van der Waals surface area contributed by atoms with Crippen molar-refractivity contribution < 1.29 is 9.53 Å². The minimum absolute atomic E-state index is 0.336. The number of terminal acetylenes is 1. The van der Waals surface area contributed by atoms with Crippen molar-refractivity contribution in [3.8, 4) is 18.0 Å². The molecule has 4 heteroatoms. The van der Waals surface area contributed by atoms with E-state index in [1.807, 2.05) is 36.7 Å². The SMILES string of the molecule is C#CC(OC(=O)c1ccc(-n2nc(C)cc2C)cc1)C1CC1. The Kier molecular flexibility index (Phi) is 3.72. The van der Waals surface area contributed by atoms with Gasteiger partial charge < -0.3 is 4.74 Å². The van der Waals surface area contributed by atoms with Crippen LogP contribution in [0.25, 0.3) is 5.69 Å². The fourth-order valence-corrected chi connectivity index (χ4v) is 2.48. The van der Waals surface area contributed by atoms with Gasteiger partial charge in [0.2, 0.25) is 0 Å².